The maximum atomic E-state index is 13.5. The van der Waals surface area contributed by atoms with Crippen LogP contribution in [0.15, 0.2) is 42.5 Å². The Bertz CT molecular complexity index is 864. The van der Waals surface area contributed by atoms with E-state index >= 15 is 0 Å². The van der Waals surface area contributed by atoms with Crippen LogP contribution in [0.1, 0.15) is 41.6 Å². The SMILES string of the molecule is NCCCN(Cc1cccc(NC(=O)C2CCC2)c1)C(=O)c1cc(F)cc(F)c1. The van der Waals surface area contributed by atoms with Crippen molar-refractivity contribution in [3.63, 3.8) is 0 Å². The Morgan fingerprint density at radius 1 is 1.10 bits per heavy atom. The van der Waals surface area contributed by atoms with Crippen LogP contribution in [-0.2, 0) is 11.3 Å². The van der Waals surface area contributed by atoms with Crippen molar-refractivity contribution in [3.8, 4) is 0 Å². The molecule has 0 bridgehead atoms. The van der Waals surface area contributed by atoms with Crippen molar-refractivity contribution < 1.29 is 18.4 Å². The average Bonchev–Trinajstić information content (AvgIpc) is 2.62. The molecule has 5 nitrogen and oxygen atoms in total. The number of nitrogens with one attached hydrogen (secondary N) is 1. The maximum Gasteiger partial charge on any atom is 0.254 e. The van der Waals surface area contributed by atoms with Crippen molar-refractivity contribution >= 4 is 17.5 Å². The molecule has 3 rings (SSSR count). The highest BCUT2D eigenvalue weighted by Gasteiger charge is 2.25. The fourth-order valence-corrected chi connectivity index (χ4v) is 3.28. The van der Waals surface area contributed by atoms with E-state index in [0.29, 0.717) is 25.2 Å². The molecule has 7 heteroatoms. The molecule has 2 aromatic rings. The average molecular weight is 401 g/mol. The first-order chi connectivity index (χ1) is 14.0. The van der Waals surface area contributed by atoms with Crippen LogP contribution < -0.4 is 11.1 Å². The van der Waals surface area contributed by atoms with E-state index in [0.717, 1.165) is 43.0 Å². The van der Waals surface area contributed by atoms with Gasteiger partial charge in [0.25, 0.3) is 5.91 Å². The van der Waals surface area contributed by atoms with Crippen LogP contribution in [0, 0.1) is 17.6 Å². The number of amides is 2. The topological polar surface area (TPSA) is 75.4 Å². The molecule has 1 fully saturated rings. The molecule has 154 valence electrons. The molecule has 0 atom stereocenters. The van der Waals surface area contributed by atoms with Crippen LogP contribution in [0.3, 0.4) is 0 Å². The highest BCUT2D eigenvalue weighted by atomic mass is 19.1. The summed E-state index contributed by atoms with van der Waals surface area (Å²) in [5.41, 5.74) is 7.00. The third kappa shape index (κ3) is 5.60. The zero-order chi connectivity index (χ0) is 20.8. The van der Waals surface area contributed by atoms with E-state index in [1.807, 2.05) is 12.1 Å². The summed E-state index contributed by atoms with van der Waals surface area (Å²) in [5, 5.41) is 2.91. The summed E-state index contributed by atoms with van der Waals surface area (Å²) in [6.07, 6.45) is 3.47. The van der Waals surface area contributed by atoms with Crippen LogP contribution in [0.5, 0.6) is 0 Å². The van der Waals surface area contributed by atoms with Gasteiger partial charge in [-0.2, -0.15) is 0 Å². The third-order valence-electron chi connectivity index (χ3n) is 5.07. The van der Waals surface area contributed by atoms with Gasteiger partial charge >= 0.3 is 0 Å². The predicted octanol–water partition coefficient (Wildman–Crippen LogP) is 3.69. The van der Waals surface area contributed by atoms with Crippen LogP contribution >= 0.6 is 0 Å². The minimum Gasteiger partial charge on any atom is -0.334 e. The fraction of sp³-hybridized carbons (Fsp3) is 0.364. The quantitative estimate of drug-likeness (QED) is 0.708. The first kappa shape index (κ1) is 20.9. The molecule has 0 aromatic heterocycles. The molecule has 29 heavy (non-hydrogen) atoms. The Morgan fingerprint density at radius 3 is 2.45 bits per heavy atom. The Balaban J connectivity index is 1.74. The number of halogens is 2. The Hall–Kier alpha value is -2.80. The monoisotopic (exact) mass is 401 g/mol. The van der Waals surface area contributed by atoms with Crippen molar-refractivity contribution in [1.29, 1.82) is 0 Å². The van der Waals surface area contributed by atoms with Crippen molar-refractivity contribution in [3.05, 3.63) is 65.2 Å². The summed E-state index contributed by atoms with van der Waals surface area (Å²) in [4.78, 5) is 26.5. The van der Waals surface area contributed by atoms with E-state index in [-0.39, 0.29) is 23.9 Å². The first-order valence-electron chi connectivity index (χ1n) is 9.81. The lowest BCUT2D eigenvalue weighted by Crippen LogP contribution is -2.32. The van der Waals surface area contributed by atoms with Crippen molar-refractivity contribution in [2.75, 3.05) is 18.4 Å². The van der Waals surface area contributed by atoms with E-state index in [2.05, 4.69) is 5.32 Å². The molecule has 2 amide bonds. The Labute approximate surface area is 168 Å². The summed E-state index contributed by atoms with van der Waals surface area (Å²) < 4.78 is 27.1. The van der Waals surface area contributed by atoms with Gasteiger partial charge in [-0.05, 0) is 55.6 Å². The van der Waals surface area contributed by atoms with Gasteiger partial charge in [0.2, 0.25) is 5.91 Å². The van der Waals surface area contributed by atoms with Gasteiger partial charge in [0.05, 0.1) is 0 Å². The molecule has 2 aromatic carbocycles. The van der Waals surface area contributed by atoms with E-state index in [4.69, 9.17) is 5.73 Å². The number of rotatable bonds is 8. The molecule has 0 radical (unpaired) electrons. The molecule has 0 heterocycles. The molecule has 0 unspecified atom stereocenters. The van der Waals surface area contributed by atoms with Gasteiger partial charge in [-0.15, -0.1) is 0 Å². The fourth-order valence-electron chi connectivity index (χ4n) is 3.28. The van der Waals surface area contributed by atoms with E-state index in [9.17, 15) is 18.4 Å². The number of nitrogens with two attached hydrogens (primary N) is 1. The number of hydrogen-bond acceptors (Lipinski definition) is 3. The zero-order valence-corrected chi connectivity index (χ0v) is 16.2. The minimum absolute atomic E-state index is 0.0136. The predicted molar refractivity (Wildman–Crippen MR) is 107 cm³/mol. The molecule has 1 aliphatic carbocycles. The highest BCUT2D eigenvalue weighted by molar-refractivity contribution is 5.94. The lowest BCUT2D eigenvalue weighted by Gasteiger charge is -2.25. The van der Waals surface area contributed by atoms with Crippen molar-refractivity contribution in [2.24, 2.45) is 11.7 Å². The first-order valence-corrected chi connectivity index (χ1v) is 9.81. The lowest BCUT2D eigenvalue weighted by molar-refractivity contribution is -0.122. The smallest absolute Gasteiger partial charge is 0.254 e. The summed E-state index contributed by atoms with van der Waals surface area (Å²) >= 11 is 0. The highest BCUT2D eigenvalue weighted by Crippen LogP contribution is 2.27. The van der Waals surface area contributed by atoms with E-state index in [1.54, 1.807) is 12.1 Å². The number of hydrogen-bond donors (Lipinski definition) is 2. The summed E-state index contributed by atoms with van der Waals surface area (Å²) in [5.74, 6) is -1.98. The van der Waals surface area contributed by atoms with Crippen LogP contribution in [0.25, 0.3) is 0 Å². The molecular formula is C22H25F2N3O2. The van der Waals surface area contributed by atoms with Gasteiger partial charge in [-0.3, -0.25) is 9.59 Å². The normalized spacial score (nSPS) is 13.6. The molecular weight excluding hydrogens is 376 g/mol. The number of carbonyl (C=O) groups excluding carboxylic acids is 2. The van der Waals surface area contributed by atoms with Gasteiger partial charge in [0.15, 0.2) is 0 Å². The summed E-state index contributed by atoms with van der Waals surface area (Å²) in [6.45, 7) is 0.981. The van der Waals surface area contributed by atoms with Crippen molar-refractivity contribution in [2.45, 2.75) is 32.2 Å². The molecule has 0 aliphatic heterocycles. The van der Waals surface area contributed by atoms with Crippen LogP contribution in [-0.4, -0.2) is 29.8 Å². The minimum atomic E-state index is -0.798. The molecule has 1 aliphatic rings. The summed E-state index contributed by atoms with van der Waals surface area (Å²) in [6, 6.07) is 10.0. The van der Waals surface area contributed by atoms with E-state index < -0.39 is 17.5 Å². The Kier molecular flexibility index (Phi) is 6.93. The molecule has 1 saturated carbocycles. The number of nitrogens with zero attached hydrogens (tertiary/aromatic N) is 1. The standard InChI is InChI=1S/C22H25F2N3O2/c23-18-11-17(12-19(24)13-18)22(29)27(9-3-8-25)14-15-4-1-7-20(10-15)26-21(28)16-5-2-6-16/h1,4,7,10-13,16H,2-3,5-6,8-9,14,25H2,(H,26,28). The van der Waals surface area contributed by atoms with Crippen LogP contribution in [0.4, 0.5) is 14.5 Å². The van der Waals surface area contributed by atoms with Gasteiger partial charge < -0.3 is 16.0 Å². The van der Waals surface area contributed by atoms with Gasteiger partial charge in [-0.1, -0.05) is 18.6 Å². The van der Waals surface area contributed by atoms with Crippen molar-refractivity contribution in [1.82, 2.24) is 4.90 Å². The second-order valence-corrected chi connectivity index (χ2v) is 7.34. The van der Waals surface area contributed by atoms with Crippen LogP contribution in [0.2, 0.25) is 0 Å². The third-order valence-corrected chi connectivity index (χ3v) is 5.07. The second kappa shape index (κ2) is 9.60. The number of anilines is 1. The lowest BCUT2D eigenvalue weighted by atomic mass is 9.85. The van der Waals surface area contributed by atoms with Gasteiger partial charge in [0.1, 0.15) is 11.6 Å². The Morgan fingerprint density at radius 2 is 1.83 bits per heavy atom. The molecule has 3 N–H and O–H groups in total. The molecule has 0 saturated heterocycles. The van der Waals surface area contributed by atoms with Gasteiger partial charge in [-0.25, -0.2) is 8.78 Å². The molecule has 0 spiro atoms. The van der Waals surface area contributed by atoms with Gasteiger partial charge in [0, 0.05) is 36.3 Å². The largest absolute Gasteiger partial charge is 0.334 e. The van der Waals surface area contributed by atoms with E-state index in [1.165, 1.54) is 4.90 Å². The second-order valence-electron chi connectivity index (χ2n) is 7.34. The summed E-state index contributed by atoms with van der Waals surface area (Å²) in [7, 11) is 0. The number of benzene rings is 2. The zero-order valence-electron chi connectivity index (χ0n) is 16.2. The number of carbonyl (C=O) groups is 2. The maximum absolute atomic E-state index is 13.5.